The number of rotatable bonds is 4. The Morgan fingerprint density at radius 2 is 2.12 bits per heavy atom. The highest BCUT2D eigenvalue weighted by Gasteiger charge is 2.25. The third-order valence-electron chi connectivity index (χ3n) is 1.87. The SMILES string of the molecule is O=C(NCCI)c1c(F)ccc([N+](=O)[O-])c1F. The molecular formula is C9H7F2IN2O3. The molecule has 0 aliphatic carbocycles. The first-order valence-corrected chi connectivity index (χ1v) is 5.98. The van der Waals surface area contributed by atoms with Crippen LogP contribution in [0.15, 0.2) is 12.1 Å². The van der Waals surface area contributed by atoms with Crippen LogP contribution in [-0.2, 0) is 0 Å². The molecule has 92 valence electrons. The third kappa shape index (κ3) is 3.08. The molecule has 0 bridgehead atoms. The molecule has 0 saturated carbocycles. The van der Waals surface area contributed by atoms with Gasteiger partial charge in [0.2, 0.25) is 5.82 Å². The number of carbonyl (C=O) groups excluding carboxylic acids is 1. The van der Waals surface area contributed by atoms with Crippen molar-refractivity contribution in [3.63, 3.8) is 0 Å². The van der Waals surface area contributed by atoms with Gasteiger partial charge in [0.05, 0.1) is 4.92 Å². The number of nitro benzene ring substituents is 1. The molecule has 1 aromatic carbocycles. The van der Waals surface area contributed by atoms with Crippen molar-refractivity contribution in [2.75, 3.05) is 11.0 Å². The van der Waals surface area contributed by atoms with E-state index in [0.717, 1.165) is 0 Å². The zero-order valence-corrected chi connectivity index (χ0v) is 10.5. The summed E-state index contributed by atoms with van der Waals surface area (Å²) in [5, 5.41) is 12.7. The van der Waals surface area contributed by atoms with E-state index < -0.39 is 33.7 Å². The lowest BCUT2D eigenvalue weighted by Gasteiger charge is -2.05. The molecule has 1 amide bonds. The average molecular weight is 356 g/mol. The number of halogens is 3. The van der Waals surface area contributed by atoms with Crippen molar-refractivity contribution in [1.29, 1.82) is 0 Å². The average Bonchev–Trinajstić information content (AvgIpc) is 2.25. The van der Waals surface area contributed by atoms with Gasteiger partial charge < -0.3 is 5.32 Å². The Hall–Kier alpha value is -1.32. The molecule has 0 saturated heterocycles. The first-order chi connectivity index (χ1) is 7.99. The van der Waals surface area contributed by atoms with E-state index in [2.05, 4.69) is 5.32 Å². The molecule has 0 unspecified atom stereocenters. The van der Waals surface area contributed by atoms with Gasteiger partial charge in [-0.05, 0) is 6.07 Å². The van der Waals surface area contributed by atoms with Crippen LogP contribution in [0.5, 0.6) is 0 Å². The Morgan fingerprint density at radius 1 is 1.47 bits per heavy atom. The van der Waals surface area contributed by atoms with Gasteiger partial charge in [-0.2, -0.15) is 4.39 Å². The molecule has 1 N–H and O–H groups in total. The van der Waals surface area contributed by atoms with E-state index in [1.807, 2.05) is 22.6 Å². The van der Waals surface area contributed by atoms with Gasteiger partial charge in [0.1, 0.15) is 11.4 Å². The normalized spacial score (nSPS) is 10.1. The summed E-state index contributed by atoms with van der Waals surface area (Å²) in [6.07, 6.45) is 0. The second-order valence-electron chi connectivity index (χ2n) is 2.96. The highest BCUT2D eigenvalue weighted by Crippen LogP contribution is 2.22. The fourth-order valence-electron chi connectivity index (χ4n) is 1.14. The first-order valence-electron chi connectivity index (χ1n) is 4.45. The molecule has 17 heavy (non-hydrogen) atoms. The lowest BCUT2D eigenvalue weighted by Crippen LogP contribution is -2.27. The van der Waals surface area contributed by atoms with Crippen LogP contribution in [0.1, 0.15) is 10.4 Å². The minimum absolute atomic E-state index is 0.223. The molecule has 0 aromatic heterocycles. The molecule has 0 heterocycles. The monoisotopic (exact) mass is 356 g/mol. The molecule has 0 radical (unpaired) electrons. The molecule has 0 spiro atoms. The standard InChI is InChI=1S/C9H7F2IN2O3/c10-5-1-2-6(14(16)17)8(11)7(5)9(15)13-4-3-12/h1-2H,3-4H2,(H,13,15). The van der Waals surface area contributed by atoms with E-state index in [9.17, 15) is 23.7 Å². The first kappa shape index (κ1) is 13.7. The zero-order chi connectivity index (χ0) is 13.0. The minimum atomic E-state index is -1.46. The van der Waals surface area contributed by atoms with E-state index >= 15 is 0 Å². The number of nitrogens with zero attached hydrogens (tertiary/aromatic N) is 1. The second-order valence-corrected chi connectivity index (χ2v) is 4.04. The summed E-state index contributed by atoms with van der Waals surface area (Å²) in [7, 11) is 0. The number of hydrogen-bond acceptors (Lipinski definition) is 3. The fraction of sp³-hybridized carbons (Fsp3) is 0.222. The van der Waals surface area contributed by atoms with E-state index in [1.165, 1.54) is 0 Å². The number of nitro groups is 1. The molecule has 0 aliphatic rings. The van der Waals surface area contributed by atoms with Gasteiger partial charge in [0.15, 0.2) is 0 Å². The van der Waals surface area contributed by atoms with Crippen LogP contribution < -0.4 is 5.32 Å². The highest BCUT2D eigenvalue weighted by atomic mass is 127. The van der Waals surface area contributed by atoms with Gasteiger partial charge in [-0.15, -0.1) is 0 Å². The van der Waals surface area contributed by atoms with Crippen molar-refractivity contribution < 1.29 is 18.5 Å². The summed E-state index contributed by atoms with van der Waals surface area (Å²) >= 11 is 1.96. The maximum Gasteiger partial charge on any atom is 0.305 e. The number of benzene rings is 1. The minimum Gasteiger partial charge on any atom is -0.351 e. The van der Waals surface area contributed by atoms with Gasteiger partial charge in [-0.3, -0.25) is 14.9 Å². The van der Waals surface area contributed by atoms with Gasteiger partial charge in [-0.1, -0.05) is 22.6 Å². The molecule has 5 nitrogen and oxygen atoms in total. The number of nitrogens with one attached hydrogen (secondary N) is 1. The largest absolute Gasteiger partial charge is 0.351 e. The lowest BCUT2D eigenvalue weighted by atomic mass is 10.1. The smallest absolute Gasteiger partial charge is 0.305 e. The maximum absolute atomic E-state index is 13.5. The predicted octanol–water partition coefficient (Wildman–Crippen LogP) is 2.04. The van der Waals surface area contributed by atoms with Crippen molar-refractivity contribution >= 4 is 34.2 Å². The molecule has 1 rings (SSSR count). The summed E-state index contributed by atoms with van der Waals surface area (Å²) in [6.45, 7) is 0.223. The second kappa shape index (κ2) is 5.84. The van der Waals surface area contributed by atoms with Gasteiger partial charge >= 0.3 is 5.69 Å². The molecule has 0 fully saturated rings. The predicted molar refractivity (Wildman–Crippen MR) is 64.2 cm³/mol. The van der Waals surface area contributed by atoms with E-state index in [4.69, 9.17) is 0 Å². The summed E-state index contributed by atoms with van der Waals surface area (Å²) in [5.41, 5.74) is -1.85. The fourth-order valence-corrected chi connectivity index (χ4v) is 1.41. The number of alkyl halides is 1. The van der Waals surface area contributed by atoms with Gasteiger partial charge in [0.25, 0.3) is 5.91 Å². The summed E-state index contributed by atoms with van der Waals surface area (Å²) in [4.78, 5) is 20.8. The van der Waals surface area contributed by atoms with Crippen LogP contribution in [0.25, 0.3) is 0 Å². The van der Waals surface area contributed by atoms with E-state index in [1.54, 1.807) is 0 Å². The van der Waals surface area contributed by atoms with Crippen LogP contribution in [0, 0.1) is 21.7 Å². The molecule has 0 aliphatic heterocycles. The number of hydrogen-bond donors (Lipinski definition) is 1. The van der Waals surface area contributed by atoms with Crippen LogP contribution in [0.3, 0.4) is 0 Å². The van der Waals surface area contributed by atoms with Crippen LogP contribution in [0.4, 0.5) is 14.5 Å². The lowest BCUT2D eigenvalue weighted by molar-refractivity contribution is -0.387. The van der Waals surface area contributed by atoms with Gasteiger partial charge in [-0.25, -0.2) is 4.39 Å². The molecule has 0 atom stereocenters. The van der Waals surface area contributed by atoms with Crippen LogP contribution >= 0.6 is 22.6 Å². The Morgan fingerprint density at radius 3 is 2.65 bits per heavy atom. The molecular weight excluding hydrogens is 349 g/mol. The van der Waals surface area contributed by atoms with Crippen molar-refractivity contribution in [3.8, 4) is 0 Å². The summed E-state index contributed by atoms with van der Waals surface area (Å²) in [5.74, 6) is -3.58. The van der Waals surface area contributed by atoms with Crippen molar-refractivity contribution in [3.05, 3.63) is 39.4 Å². The summed E-state index contributed by atoms with van der Waals surface area (Å²) in [6, 6.07) is 1.37. The molecule has 1 aromatic rings. The number of carbonyl (C=O) groups is 1. The number of amides is 1. The maximum atomic E-state index is 13.5. The summed E-state index contributed by atoms with van der Waals surface area (Å²) < 4.78 is 27.3. The Labute approximate surface area is 108 Å². The quantitative estimate of drug-likeness (QED) is 0.388. The molecule has 8 heteroatoms. The topological polar surface area (TPSA) is 72.2 Å². The zero-order valence-electron chi connectivity index (χ0n) is 8.37. The Kier molecular flexibility index (Phi) is 4.73. The van der Waals surface area contributed by atoms with Crippen molar-refractivity contribution in [2.24, 2.45) is 0 Å². The Balaban J connectivity index is 3.18. The van der Waals surface area contributed by atoms with Crippen molar-refractivity contribution in [2.45, 2.75) is 0 Å². The van der Waals surface area contributed by atoms with Gasteiger partial charge in [0, 0.05) is 17.0 Å². The van der Waals surface area contributed by atoms with E-state index in [-0.39, 0.29) is 6.54 Å². The third-order valence-corrected chi connectivity index (χ3v) is 2.41. The van der Waals surface area contributed by atoms with E-state index in [0.29, 0.717) is 16.6 Å². The van der Waals surface area contributed by atoms with Crippen molar-refractivity contribution in [1.82, 2.24) is 5.32 Å². The van der Waals surface area contributed by atoms with Crippen LogP contribution in [0.2, 0.25) is 0 Å². The van der Waals surface area contributed by atoms with Crippen LogP contribution in [-0.4, -0.2) is 21.8 Å². The Bertz CT molecular complexity index is 468. The highest BCUT2D eigenvalue weighted by molar-refractivity contribution is 14.1.